The van der Waals surface area contributed by atoms with Crippen molar-refractivity contribution in [2.75, 3.05) is 14.2 Å². The molecule has 0 spiro atoms. The molecule has 3 rings (SSSR count). The second-order valence-electron chi connectivity index (χ2n) is 4.96. The Balaban J connectivity index is 1.73. The van der Waals surface area contributed by atoms with Crippen molar-refractivity contribution < 1.29 is 9.47 Å². The van der Waals surface area contributed by atoms with Crippen molar-refractivity contribution in [3.63, 3.8) is 0 Å². The lowest BCUT2D eigenvalue weighted by molar-refractivity contribution is 0.355. The number of thioether (sulfide) groups is 1. The summed E-state index contributed by atoms with van der Waals surface area (Å²) in [5.74, 6) is 2.24. The largest absolute Gasteiger partial charge is 0.493 e. The van der Waals surface area contributed by atoms with Crippen molar-refractivity contribution in [3.8, 4) is 22.1 Å². The lowest BCUT2D eigenvalue weighted by atomic mass is 10.2. The minimum absolute atomic E-state index is 0.708. The Morgan fingerprint density at radius 2 is 1.92 bits per heavy atom. The van der Waals surface area contributed by atoms with E-state index in [-0.39, 0.29) is 0 Å². The van der Waals surface area contributed by atoms with Crippen LogP contribution in [-0.4, -0.2) is 19.2 Å². The van der Waals surface area contributed by atoms with Crippen LogP contribution < -0.4 is 9.47 Å². The van der Waals surface area contributed by atoms with E-state index in [1.54, 1.807) is 37.3 Å². The number of benzene rings is 2. The minimum atomic E-state index is 0.708. The number of thiazole rings is 1. The van der Waals surface area contributed by atoms with Crippen LogP contribution in [0.15, 0.2) is 52.7 Å². The number of rotatable bonds is 6. The van der Waals surface area contributed by atoms with Crippen LogP contribution in [0.4, 0.5) is 0 Å². The third kappa shape index (κ3) is 4.04. The van der Waals surface area contributed by atoms with E-state index in [1.807, 2.05) is 36.4 Å². The molecule has 0 radical (unpaired) electrons. The van der Waals surface area contributed by atoms with Crippen molar-refractivity contribution in [3.05, 3.63) is 58.6 Å². The lowest BCUT2D eigenvalue weighted by Crippen LogP contribution is -1.90. The van der Waals surface area contributed by atoms with E-state index in [0.717, 1.165) is 37.7 Å². The van der Waals surface area contributed by atoms with Gasteiger partial charge >= 0.3 is 0 Å². The fourth-order valence-corrected chi connectivity index (χ4v) is 4.21. The number of aromatic nitrogens is 1. The van der Waals surface area contributed by atoms with Crippen molar-refractivity contribution in [2.45, 2.75) is 10.6 Å². The van der Waals surface area contributed by atoms with Gasteiger partial charge < -0.3 is 9.47 Å². The standard InChI is InChI=1S/C18H16ClNO2S2/c1-21-16-7-6-12(8-17(16)22-2)18-20-14(11-24-18)10-23-15-5-3-4-13(19)9-15/h3-9,11H,10H2,1-2H3. The van der Waals surface area contributed by atoms with Crippen LogP contribution in [0.2, 0.25) is 5.02 Å². The topological polar surface area (TPSA) is 31.4 Å². The van der Waals surface area contributed by atoms with E-state index < -0.39 is 0 Å². The zero-order chi connectivity index (χ0) is 16.9. The molecule has 2 aromatic carbocycles. The molecule has 0 fully saturated rings. The van der Waals surface area contributed by atoms with Crippen molar-refractivity contribution in [1.29, 1.82) is 0 Å². The summed E-state index contributed by atoms with van der Waals surface area (Å²) in [6, 6.07) is 13.7. The molecule has 1 aromatic heterocycles. The van der Waals surface area contributed by atoms with Crippen molar-refractivity contribution in [2.24, 2.45) is 0 Å². The van der Waals surface area contributed by atoms with Crippen LogP contribution in [-0.2, 0) is 5.75 Å². The molecule has 0 bridgehead atoms. The van der Waals surface area contributed by atoms with E-state index in [4.69, 9.17) is 26.1 Å². The Morgan fingerprint density at radius 1 is 1.08 bits per heavy atom. The molecule has 1 heterocycles. The molecular weight excluding hydrogens is 362 g/mol. The third-order valence-corrected chi connectivity index (χ3v) is 5.57. The SMILES string of the molecule is COc1ccc(-c2nc(CSc3cccc(Cl)c3)cs2)cc1OC. The van der Waals surface area contributed by atoms with E-state index in [2.05, 4.69) is 11.4 Å². The summed E-state index contributed by atoms with van der Waals surface area (Å²) >= 11 is 9.37. The Labute approximate surface area is 154 Å². The average molecular weight is 378 g/mol. The maximum Gasteiger partial charge on any atom is 0.161 e. The van der Waals surface area contributed by atoms with Gasteiger partial charge in [0.2, 0.25) is 0 Å². The van der Waals surface area contributed by atoms with Gasteiger partial charge in [0.15, 0.2) is 11.5 Å². The Kier molecular flexibility index (Phi) is 5.66. The number of hydrogen-bond donors (Lipinski definition) is 0. The molecule has 0 saturated carbocycles. The van der Waals surface area contributed by atoms with E-state index >= 15 is 0 Å². The van der Waals surface area contributed by atoms with E-state index in [0.29, 0.717) is 5.75 Å². The molecule has 0 saturated heterocycles. The summed E-state index contributed by atoms with van der Waals surface area (Å²) in [4.78, 5) is 5.86. The summed E-state index contributed by atoms with van der Waals surface area (Å²) < 4.78 is 10.6. The molecule has 0 unspecified atom stereocenters. The summed E-state index contributed by atoms with van der Waals surface area (Å²) in [5.41, 5.74) is 2.08. The minimum Gasteiger partial charge on any atom is -0.493 e. The molecule has 0 aliphatic rings. The van der Waals surface area contributed by atoms with Crippen LogP contribution in [0.25, 0.3) is 10.6 Å². The second-order valence-corrected chi connectivity index (χ2v) is 7.30. The molecule has 0 amide bonds. The quantitative estimate of drug-likeness (QED) is 0.510. The van der Waals surface area contributed by atoms with E-state index in [9.17, 15) is 0 Å². The van der Waals surface area contributed by atoms with Gasteiger partial charge in [-0.05, 0) is 36.4 Å². The first kappa shape index (κ1) is 17.1. The number of methoxy groups -OCH3 is 2. The van der Waals surface area contributed by atoms with Gasteiger partial charge in [-0.15, -0.1) is 23.1 Å². The molecule has 3 aromatic rings. The number of halogens is 1. The number of hydrogen-bond acceptors (Lipinski definition) is 5. The predicted octanol–water partition coefficient (Wildman–Crippen LogP) is 5.77. The highest BCUT2D eigenvalue weighted by atomic mass is 35.5. The first-order valence-corrected chi connectivity index (χ1v) is 9.49. The van der Waals surface area contributed by atoms with E-state index in [1.165, 1.54) is 0 Å². The normalized spacial score (nSPS) is 10.6. The van der Waals surface area contributed by atoms with Crippen LogP contribution >= 0.6 is 34.7 Å². The third-order valence-electron chi connectivity index (χ3n) is 3.37. The van der Waals surface area contributed by atoms with Gasteiger partial charge in [-0.2, -0.15) is 0 Å². The number of nitrogens with zero attached hydrogens (tertiary/aromatic N) is 1. The van der Waals surface area contributed by atoms with Gasteiger partial charge in [-0.1, -0.05) is 17.7 Å². The Hall–Kier alpha value is -1.69. The highest BCUT2D eigenvalue weighted by Crippen LogP contribution is 2.34. The summed E-state index contributed by atoms with van der Waals surface area (Å²) in [5, 5.41) is 3.81. The van der Waals surface area contributed by atoms with Gasteiger partial charge in [0.25, 0.3) is 0 Å². The fourth-order valence-electron chi connectivity index (χ4n) is 2.19. The van der Waals surface area contributed by atoms with Gasteiger partial charge in [-0.25, -0.2) is 4.98 Å². The molecule has 3 nitrogen and oxygen atoms in total. The van der Waals surface area contributed by atoms with Crippen LogP contribution in [0, 0.1) is 0 Å². The highest BCUT2D eigenvalue weighted by molar-refractivity contribution is 7.98. The smallest absolute Gasteiger partial charge is 0.161 e. The molecule has 6 heteroatoms. The molecular formula is C18H16ClNO2S2. The van der Waals surface area contributed by atoms with Crippen molar-refractivity contribution in [1.82, 2.24) is 4.98 Å². The van der Waals surface area contributed by atoms with Crippen LogP contribution in [0.5, 0.6) is 11.5 Å². The van der Waals surface area contributed by atoms with Gasteiger partial charge in [0.1, 0.15) is 5.01 Å². The van der Waals surface area contributed by atoms with Crippen LogP contribution in [0.3, 0.4) is 0 Å². The molecule has 0 aliphatic heterocycles. The molecule has 24 heavy (non-hydrogen) atoms. The first-order valence-electron chi connectivity index (χ1n) is 7.25. The Morgan fingerprint density at radius 3 is 2.67 bits per heavy atom. The van der Waals surface area contributed by atoms with Crippen molar-refractivity contribution >= 4 is 34.7 Å². The fraction of sp³-hybridized carbons (Fsp3) is 0.167. The lowest BCUT2D eigenvalue weighted by Gasteiger charge is -2.08. The molecule has 124 valence electrons. The van der Waals surface area contributed by atoms with Gasteiger partial charge in [0.05, 0.1) is 19.9 Å². The second kappa shape index (κ2) is 7.92. The monoisotopic (exact) mass is 377 g/mol. The average Bonchev–Trinajstić information content (AvgIpc) is 3.08. The predicted molar refractivity (Wildman–Crippen MR) is 102 cm³/mol. The molecule has 0 atom stereocenters. The molecule has 0 N–H and O–H groups in total. The zero-order valence-electron chi connectivity index (χ0n) is 13.3. The Bertz CT molecular complexity index is 835. The zero-order valence-corrected chi connectivity index (χ0v) is 15.7. The highest BCUT2D eigenvalue weighted by Gasteiger charge is 2.10. The summed E-state index contributed by atoms with van der Waals surface area (Å²) in [6.45, 7) is 0. The first-order chi connectivity index (χ1) is 11.7. The van der Waals surface area contributed by atoms with Crippen LogP contribution in [0.1, 0.15) is 5.69 Å². The molecule has 0 aliphatic carbocycles. The van der Waals surface area contributed by atoms with Gasteiger partial charge in [-0.3, -0.25) is 0 Å². The maximum absolute atomic E-state index is 6.02. The summed E-state index contributed by atoms with van der Waals surface area (Å²) in [6.07, 6.45) is 0. The summed E-state index contributed by atoms with van der Waals surface area (Å²) in [7, 11) is 3.27. The maximum atomic E-state index is 6.02. The number of ether oxygens (including phenoxy) is 2. The van der Waals surface area contributed by atoms with Gasteiger partial charge in [0, 0.05) is 26.6 Å².